The predicted molar refractivity (Wildman–Crippen MR) is 101 cm³/mol. The number of nitrogens with one attached hydrogen (secondary N) is 1. The van der Waals surface area contributed by atoms with Crippen molar-refractivity contribution < 1.29 is 9.53 Å². The van der Waals surface area contributed by atoms with Crippen molar-refractivity contribution in [1.29, 1.82) is 0 Å². The van der Waals surface area contributed by atoms with Crippen LogP contribution in [0.1, 0.15) is 17.5 Å². The van der Waals surface area contributed by atoms with Crippen LogP contribution in [-0.2, 0) is 11.3 Å². The number of benzene rings is 2. The lowest BCUT2D eigenvalue weighted by Gasteiger charge is -2.10. The van der Waals surface area contributed by atoms with Gasteiger partial charge in [-0.05, 0) is 61.0 Å². The molecule has 1 heterocycles. The Morgan fingerprint density at radius 1 is 1.08 bits per heavy atom. The van der Waals surface area contributed by atoms with Crippen molar-refractivity contribution in [2.45, 2.75) is 26.8 Å². The zero-order chi connectivity index (χ0) is 17.6. The molecule has 0 saturated carbocycles. The van der Waals surface area contributed by atoms with Crippen LogP contribution in [0.2, 0.25) is 0 Å². The lowest BCUT2D eigenvalue weighted by Crippen LogP contribution is -2.30. The van der Waals surface area contributed by atoms with Gasteiger partial charge in [-0.2, -0.15) is 0 Å². The number of hydrogen-bond donors (Lipinski definition) is 1. The average Bonchev–Trinajstić information content (AvgIpc) is 3.03. The monoisotopic (exact) mass is 336 g/mol. The van der Waals surface area contributed by atoms with Crippen LogP contribution in [0.4, 0.5) is 0 Å². The molecule has 1 amide bonds. The summed E-state index contributed by atoms with van der Waals surface area (Å²) in [5.41, 5.74) is 3.61. The molecule has 0 radical (unpaired) electrons. The Labute approximate surface area is 148 Å². The van der Waals surface area contributed by atoms with Crippen LogP contribution in [0.15, 0.2) is 54.7 Å². The van der Waals surface area contributed by atoms with Crippen LogP contribution in [-0.4, -0.2) is 23.6 Å². The van der Waals surface area contributed by atoms with Gasteiger partial charge in [-0.3, -0.25) is 4.79 Å². The van der Waals surface area contributed by atoms with E-state index in [0.29, 0.717) is 6.54 Å². The van der Waals surface area contributed by atoms with Crippen molar-refractivity contribution >= 4 is 16.8 Å². The number of nitrogens with zero attached hydrogens (tertiary/aromatic N) is 1. The van der Waals surface area contributed by atoms with Crippen molar-refractivity contribution in [3.8, 4) is 5.75 Å². The molecule has 0 bridgehead atoms. The van der Waals surface area contributed by atoms with E-state index >= 15 is 0 Å². The summed E-state index contributed by atoms with van der Waals surface area (Å²) in [6, 6.07) is 16.3. The SMILES string of the molecule is Cc1ccc(OCC(=O)NCCCn2ccc3ccccc32)cc1C. The third-order valence-electron chi connectivity index (χ3n) is 4.43. The molecule has 25 heavy (non-hydrogen) atoms. The maximum Gasteiger partial charge on any atom is 0.257 e. The minimum absolute atomic E-state index is 0.0505. The second-order valence-corrected chi connectivity index (χ2v) is 6.31. The highest BCUT2D eigenvalue weighted by Crippen LogP contribution is 2.16. The first-order chi connectivity index (χ1) is 12.1. The van der Waals surface area contributed by atoms with Gasteiger partial charge in [-0.1, -0.05) is 24.3 Å². The second kappa shape index (κ2) is 7.88. The molecule has 1 N–H and O–H groups in total. The van der Waals surface area contributed by atoms with Gasteiger partial charge in [-0.25, -0.2) is 0 Å². The molecule has 0 saturated heterocycles. The van der Waals surface area contributed by atoms with Crippen molar-refractivity contribution in [3.63, 3.8) is 0 Å². The Balaban J connectivity index is 1.40. The number of carbonyl (C=O) groups is 1. The number of aryl methyl sites for hydroxylation is 3. The highest BCUT2D eigenvalue weighted by atomic mass is 16.5. The molecule has 130 valence electrons. The Morgan fingerprint density at radius 2 is 1.92 bits per heavy atom. The fourth-order valence-electron chi connectivity index (χ4n) is 2.82. The molecule has 0 aliphatic carbocycles. The largest absolute Gasteiger partial charge is 0.484 e. The molecule has 0 spiro atoms. The van der Waals surface area contributed by atoms with E-state index in [1.165, 1.54) is 16.5 Å². The Morgan fingerprint density at radius 3 is 2.76 bits per heavy atom. The molecule has 1 aromatic heterocycles. The quantitative estimate of drug-likeness (QED) is 0.666. The summed E-state index contributed by atoms with van der Waals surface area (Å²) in [4.78, 5) is 11.9. The summed E-state index contributed by atoms with van der Waals surface area (Å²) in [6.07, 6.45) is 2.98. The summed E-state index contributed by atoms with van der Waals surface area (Å²) in [7, 11) is 0. The van der Waals surface area contributed by atoms with Gasteiger partial charge >= 0.3 is 0 Å². The summed E-state index contributed by atoms with van der Waals surface area (Å²) in [6.45, 7) is 5.66. The van der Waals surface area contributed by atoms with E-state index in [4.69, 9.17) is 4.74 Å². The second-order valence-electron chi connectivity index (χ2n) is 6.31. The standard InChI is InChI=1S/C21H24N2O2/c1-16-8-9-19(14-17(16)2)25-15-21(24)22-11-5-12-23-13-10-18-6-3-4-7-20(18)23/h3-4,6-10,13-14H,5,11-12,15H2,1-2H3,(H,22,24). The Bertz CT molecular complexity index is 867. The molecule has 2 aromatic carbocycles. The number of amides is 1. The molecule has 3 aromatic rings. The number of fused-ring (bicyclic) bond motifs is 1. The number of aromatic nitrogens is 1. The van der Waals surface area contributed by atoms with Gasteiger partial charge in [0.25, 0.3) is 5.91 Å². The van der Waals surface area contributed by atoms with E-state index in [1.54, 1.807) is 0 Å². The molecular weight excluding hydrogens is 312 g/mol. The van der Waals surface area contributed by atoms with Gasteiger partial charge in [0.2, 0.25) is 0 Å². The fraction of sp³-hybridized carbons (Fsp3) is 0.286. The third-order valence-corrected chi connectivity index (χ3v) is 4.43. The normalized spacial score (nSPS) is 10.8. The average molecular weight is 336 g/mol. The predicted octanol–water partition coefficient (Wildman–Crippen LogP) is 3.84. The Hall–Kier alpha value is -2.75. The highest BCUT2D eigenvalue weighted by molar-refractivity contribution is 5.80. The lowest BCUT2D eigenvalue weighted by molar-refractivity contribution is -0.123. The first-order valence-electron chi connectivity index (χ1n) is 8.64. The van der Waals surface area contributed by atoms with E-state index in [0.717, 1.165) is 24.3 Å². The van der Waals surface area contributed by atoms with Gasteiger partial charge < -0.3 is 14.6 Å². The van der Waals surface area contributed by atoms with Gasteiger partial charge in [0.15, 0.2) is 6.61 Å². The number of para-hydroxylation sites is 1. The molecule has 0 aliphatic heterocycles. The van der Waals surface area contributed by atoms with Crippen LogP contribution >= 0.6 is 0 Å². The van der Waals surface area contributed by atoms with Crippen LogP contribution in [0.25, 0.3) is 10.9 Å². The first kappa shape index (κ1) is 17.1. The van der Waals surface area contributed by atoms with Gasteiger partial charge in [0, 0.05) is 24.8 Å². The van der Waals surface area contributed by atoms with Gasteiger partial charge in [0.1, 0.15) is 5.75 Å². The summed E-state index contributed by atoms with van der Waals surface area (Å²) >= 11 is 0. The van der Waals surface area contributed by atoms with Gasteiger partial charge in [-0.15, -0.1) is 0 Å². The maximum atomic E-state index is 11.9. The van der Waals surface area contributed by atoms with Crippen LogP contribution < -0.4 is 10.1 Å². The van der Waals surface area contributed by atoms with Crippen molar-refractivity contribution in [1.82, 2.24) is 9.88 Å². The Kier molecular flexibility index (Phi) is 5.39. The van der Waals surface area contributed by atoms with Crippen LogP contribution in [0.3, 0.4) is 0 Å². The lowest BCUT2D eigenvalue weighted by atomic mass is 10.1. The minimum atomic E-state index is -0.0874. The van der Waals surface area contributed by atoms with Crippen molar-refractivity contribution in [2.24, 2.45) is 0 Å². The molecule has 4 heteroatoms. The number of hydrogen-bond acceptors (Lipinski definition) is 2. The van der Waals surface area contributed by atoms with E-state index in [2.05, 4.69) is 41.2 Å². The molecule has 4 nitrogen and oxygen atoms in total. The van der Waals surface area contributed by atoms with Crippen molar-refractivity contribution in [3.05, 3.63) is 65.9 Å². The highest BCUT2D eigenvalue weighted by Gasteiger charge is 2.04. The zero-order valence-electron chi connectivity index (χ0n) is 14.8. The molecular formula is C21H24N2O2. The third kappa shape index (κ3) is 4.41. The molecule has 0 atom stereocenters. The number of carbonyl (C=O) groups excluding carboxylic acids is 1. The molecule has 3 rings (SSSR count). The van der Waals surface area contributed by atoms with Crippen LogP contribution in [0, 0.1) is 13.8 Å². The minimum Gasteiger partial charge on any atom is -0.484 e. The maximum absolute atomic E-state index is 11.9. The number of rotatable bonds is 7. The van der Waals surface area contributed by atoms with Gasteiger partial charge in [0.05, 0.1) is 0 Å². The smallest absolute Gasteiger partial charge is 0.257 e. The molecule has 0 fully saturated rings. The number of ether oxygens (including phenoxy) is 1. The fourth-order valence-corrected chi connectivity index (χ4v) is 2.82. The summed E-state index contributed by atoms with van der Waals surface area (Å²) < 4.78 is 7.76. The summed E-state index contributed by atoms with van der Waals surface area (Å²) in [5.74, 6) is 0.646. The van der Waals surface area contributed by atoms with Crippen molar-refractivity contribution in [2.75, 3.05) is 13.2 Å². The van der Waals surface area contributed by atoms with E-state index < -0.39 is 0 Å². The van der Waals surface area contributed by atoms with E-state index in [-0.39, 0.29) is 12.5 Å². The topological polar surface area (TPSA) is 43.3 Å². The van der Waals surface area contributed by atoms with E-state index in [9.17, 15) is 4.79 Å². The summed E-state index contributed by atoms with van der Waals surface area (Å²) in [5, 5.41) is 4.16. The zero-order valence-corrected chi connectivity index (χ0v) is 14.8. The first-order valence-corrected chi connectivity index (χ1v) is 8.64. The van der Waals surface area contributed by atoms with E-state index in [1.807, 2.05) is 37.3 Å². The molecule has 0 aliphatic rings. The van der Waals surface area contributed by atoms with Crippen LogP contribution in [0.5, 0.6) is 5.75 Å². The molecule has 0 unspecified atom stereocenters.